The van der Waals surface area contributed by atoms with Gasteiger partial charge in [-0.25, -0.2) is 0 Å². The molecule has 3 nitrogen and oxygen atoms in total. The second-order valence-electron chi connectivity index (χ2n) is 3.57. The van der Waals surface area contributed by atoms with Gasteiger partial charge in [-0.3, -0.25) is 4.98 Å². The molecule has 2 rings (SSSR count). The Hall–Kier alpha value is -1.58. The molecular weight excluding hydrogens is 238 g/mol. The molecule has 0 saturated heterocycles. The summed E-state index contributed by atoms with van der Waals surface area (Å²) in [6.45, 7) is 0.173. The minimum Gasteiger partial charge on any atom is -0.489 e. The second-order valence-corrected chi connectivity index (χ2v) is 4.01. The molecule has 0 saturated carbocycles. The van der Waals surface area contributed by atoms with Crippen LogP contribution >= 0.6 is 11.6 Å². The quantitative estimate of drug-likeness (QED) is 0.906. The molecule has 1 aromatic carbocycles. The minimum absolute atomic E-state index is 0.173. The second kappa shape index (κ2) is 5.66. The lowest BCUT2D eigenvalue weighted by Crippen LogP contribution is -2.09. The van der Waals surface area contributed by atoms with E-state index in [1.54, 1.807) is 42.7 Å². The van der Waals surface area contributed by atoms with Crippen molar-refractivity contribution in [3.8, 4) is 5.75 Å². The van der Waals surface area contributed by atoms with Gasteiger partial charge >= 0.3 is 0 Å². The highest BCUT2D eigenvalue weighted by Gasteiger charge is 2.08. The largest absolute Gasteiger partial charge is 0.489 e. The molecule has 0 spiro atoms. The van der Waals surface area contributed by atoms with Crippen LogP contribution in [0.4, 0.5) is 0 Å². The van der Waals surface area contributed by atoms with Crippen molar-refractivity contribution in [3.63, 3.8) is 0 Å². The van der Waals surface area contributed by atoms with Gasteiger partial charge in [0.15, 0.2) is 0 Å². The van der Waals surface area contributed by atoms with Gasteiger partial charge in [-0.05, 0) is 29.8 Å². The molecule has 0 aliphatic heterocycles. The molecule has 1 N–H and O–H groups in total. The Morgan fingerprint density at radius 1 is 1.29 bits per heavy atom. The summed E-state index contributed by atoms with van der Waals surface area (Å²) >= 11 is 5.84. The smallest absolute Gasteiger partial charge is 0.137 e. The molecule has 1 atom stereocenters. The first-order valence-corrected chi connectivity index (χ1v) is 5.60. The van der Waals surface area contributed by atoms with Crippen LogP contribution in [0.5, 0.6) is 5.75 Å². The first kappa shape index (κ1) is 11.9. The third-order valence-corrected chi connectivity index (χ3v) is 2.51. The number of aromatic nitrogens is 1. The molecule has 0 amide bonds. The molecule has 17 heavy (non-hydrogen) atoms. The number of pyridine rings is 1. The lowest BCUT2D eigenvalue weighted by Gasteiger charge is -2.12. The average Bonchev–Trinajstić information content (AvgIpc) is 2.37. The number of hydrogen-bond acceptors (Lipinski definition) is 3. The van der Waals surface area contributed by atoms with Gasteiger partial charge in [0.2, 0.25) is 0 Å². The Morgan fingerprint density at radius 2 is 2.18 bits per heavy atom. The van der Waals surface area contributed by atoms with Crippen molar-refractivity contribution in [1.29, 1.82) is 0 Å². The van der Waals surface area contributed by atoms with Crippen molar-refractivity contribution in [2.24, 2.45) is 0 Å². The predicted molar refractivity (Wildman–Crippen MR) is 66.1 cm³/mol. The maximum atomic E-state index is 9.90. The summed E-state index contributed by atoms with van der Waals surface area (Å²) < 4.78 is 5.41. The third-order valence-electron chi connectivity index (χ3n) is 2.28. The third kappa shape index (κ3) is 3.44. The first-order chi connectivity index (χ1) is 8.25. The van der Waals surface area contributed by atoms with Crippen molar-refractivity contribution < 1.29 is 9.84 Å². The van der Waals surface area contributed by atoms with Gasteiger partial charge in [-0.2, -0.15) is 0 Å². The Labute approximate surface area is 105 Å². The fourth-order valence-electron chi connectivity index (χ4n) is 1.42. The van der Waals surface area contributed by atoms with E-state index in [1.807, 2.05) is 6.07 Å². The number of aliphatic hydroxyl groups excluding tert-OH is 1. The summed E-state index contributed by atoms with van der Waals surface area (Å²) in [7, 11) is 0. The van der Waals surface area contributed by atoms with Crippen molar-refractivity contribution in [1.82, 2.24) is 4.98 Å². The molecule has 1 unspecified atom stereocenters. The Kier molecular flexibility index (Phi) is 3.96. The Balaban J connectivity index is 1.96. The van der Waals surface area contributed by atoms with Gasteiger partial charge in [0.25, 0.3) is 0 Å². The van der Waals surface area contributed by atoms with Crippen LogP contribution in [0.25, 0.3) is 0 Å². The van der Waals surface area contributed by atoms with Crippen molar-refractivity contribution in [2.75, 3.05) is 6.61 Å². The van der Waals surface area contributed by atoms with E-state index < -0.39 is 6.10 Å². The molecule has 4 heteroatoms. The summed E-state index contributed by atoms with van der Waals surface area (Å²) in [5.41, 5.74) is 0.737. The first-order valence-electron chi connectivity index (χ1n) is 5.22. The standard InChI is InChI=1S/C13H12ClNO2/c14-11-4-1-3-10(7-11)13(16)9-17-12-5-2-6-15-8-12/h1-8,13,16H,9H2. The fraction of sp³-hybridized carbons (Fsp3) is 0.154. The van der Waals surface area contributed by atoms with E-state index >= 15 is 0 Å². The number of halogens is 1. The van der Waals surface area contributed by atoms with Crippen LogP contribution < -0.4 is 4.74 Å². The van der Waals surface area contributed by atoms with Crippen LogP contribution in [0.2, 0.25) is 5.02 Å². The number of nitrogens with zero attached hydrogens (tertiary/aromatic N) is 1. The highest BCUT2D eigenvalue weighted by atomic mass is 35.5. The van der Waals surface area contributed by atoms with E-state index in [4.69, 9.17) is 16.3 Å². The number of benzene rings is 1. The molecular formula is C13H12ClNO2. The van der Waals surface area contributed by atoms with E-state index in [9.17, 15) is 5.11 Å². The zero-order valence-corrected chi connectivity index (χ0v) is 9.84. The fourth-order valence-corrected chi connectivity index (χ4v) is 1.62. The summed E-state index contributed by atoms with van der Waals surface area (Å²) in [6, 6.07) is 10.7. The van der Waals surface area contributed by atoms with E-state index in [1.165, 1.54) is 0 Å². The lowest BCUT2D eigenvalue weighted by atomic mass is 10.1. The van der Waals surface area contributed by atoms with Gasteiger partial charge in [0, 0.05) is 11.2 Å². The predicted octanol–water partition coefficient (Wildman–Crippen LogP) is 2.85. The summed E-state index contributed by atoms with van der Waals surface area (Å²) in [6.07, 6.45) is 2.57. The van der Waals surface area contributed by atoms with Crippen molar-refractivity contribution >= 4 is 11.6 Å². The molecule has 0 fully saturated rings. The molecule has 1 heterocycles. The van der Waals surface area contributed by atoms with Crippen LogP contribution in [-0.2, 0) is 0 Å². The van der Waals surface area contributed by atoms with Crippen LogP contribution in [0.3, 0.4) is 0 Å². The van der Waals surface area contributed by atoms with Gasteiger partial charge in [-0.1, -0.05) is 23.7 Å². The van der Waals surface area contributed by atoms with E-state index in [2.05, 4.69) is 4.98 Å². The average molecular weight is 250 g/mol. The molecule has 0 aliphatic carbocycles. The van der Waals surface area contributed by atoms with Crippen molar-refractivity contribution in [3.05, 3.63) is 59.4 Å². The van der Waals surface area contributed by atoms with Gasteiger partial charge < -0.3 is 9.84 Å². The van der Waals surface area contributed by atoms with E-state index in [-0.39, 0.29) is 6.61 Å². The molecule has 1 aromatic heterocycles. The zero-order chi connectivity index (χ0) is 12.1. The Bertz CT molecular complexity index is 476. The Morgan fingerprint density at radius 3 is 2.88 bits per heavy atom. The number of hydrogen-bond donors (Lipinski definition) is 1. The number of ether oxygens (including phenoxy) is 1. The van der Waals surface area contributed by atoms with E-state index in [0.29, 0.717) is 10.8 Å². The van der Waals surface area contributed by atoms with Crippen molar-refractivity contribution in [2.45, 2.75) is 6.10 Å². The topological polar surface area (TPSA) is 42.4 Å². The van der Waals surface area contributed by atoms with Crippen LogP contribution in [0.15, 0.2) is 48.8 Å². The maximum Gasteiger partial charge on any atom is 0.137 e. The van der Waals surface area contributed by atoms with Crippen LogP contribution in [-0.4, -0.2) is 16.7 Å². The summed E-state index contributed by atoms with van der Waals surface area (Å²) in [4.78, 5) is 3.92. The van der Waals surface area contributed by atoms with Crippen LogP contribution in [0.1, 0.15) is 11.7 Å². The SMILES string of the molecule is OC(COc1cccnc1)c1cccc(Cl)c1. The normalized spacial score (nSPS) is 12.1. The van der Waals surface area contributed by atoms with Crippen LogP contribution in [0, 0.1) is 0 Å². The zero-order valence-electron chi connectivity index (χ0n) is 9.08. The van der Waals surface area contributed by atoms with E-state index in [0.717, 1.165) is 5.56 Å². The molecule has 2 aromatic rings. The van der Waals surface area contributed by atoms with Gasteiger partial charge in [0.1, 0.15) is 18.5 Å². The van der Waals surface area contributed by atoms with Gasteiger partial charge in [-0.15, -0.1) is 0 Å². The highest BCUT2D eigenvalue weighted by Crippen LogP contribution is 2.18. The monoisotopic (exact) mass is 249 g/mol. The molecule has 88 valence electrons. The minimum atomic E-state index is -0.700. The molecule has 0 bridgehead atoms. The van der Waals surface area contributed by atoms with Gasteiger partial charge in [0.05, 0.1) is 6.20 Å². The number of rotatable bonds is 4. The summed E-state index contributed by atoms with van der Waals surface area (Å²) in [5, 5.41) is 10.5. The molecule has 0 aliphatic rings. The summed E-state index contributed by atoms with van der Waals surface area (Å²) in [5.74, 6) is 0.633. The maximum absolute atomic E-state index is 9.90. The number of aliphatic hydroxyl groups is 1. The molecule has 0 radical (unpaired) electrons. The lowest BCUT2D eigenvalue weighted by molar-refractivity contribution is 0.108. The highest BCUT2D eigenvalue weighted by molar-refractivity contribution is 6.30.